The van der Waals surface area contributed by atoms with Crippen molar-refractivity contribution in [3.8, 4) is 0 Å². The van der Waals surface area contributed by atoms with Crippen molar-refractivity contribution in [3.63, 3.8) is 0 Å². The van der Waals surface area contributed by atoms with Crippen molar-refractivity contribution in [1.29, 1.82) is 0 Å². The molecule has 5 aromatic rings. The maximum Gasteiger partial charge on any atom is 0.326 e. The molecule has 1 saturated heterocycles. The van der Waals surface area contributed by atoms with E-state index in [1.807, 2.05) is 57.2 Å². The van der Waals surface area contributed by atoms with E-state index < -0.39 is 52.3 Å². The van der Waals surface area contributed by atoms with Crippen LogP contribution in [0.25, 0.3) is 27.1 Å². The first-order valence-electron chi connectivity index (χ1n) is 21.8. The molecular formula is C50H50NO12S5+. The molecule has 356 valence electrons. The fourth-order valence-electron chi connectivity index (χ4n) is 10.8. The predicted octanol–water partition coefficient (Wildman–Crippen LogP) is 11.4. The minimum atomic E-state index is -4.51. The molecule has 1 fully saturated rings. The number of allylic oxidation sites excluding steroid dienone is 9. The Hall–Kier alpha value is -4.41. The van der Waals surface area contributed by atoms with Crippen molar-refractivity contribution in [1.82, 2.24) is 4.48 Å². The number of benzene rings is 5. The van der Waals surface area contributed by atoms with Crippen LogP contribution in [0.15, 0.2) is 151 Å². The zero-order valence-corrected chi connectivity index (χ0v) is 41.8. The quantitative estimate of drug-likeness (QED) is 0.0217. The minimum absolute atomic E-state index is 0.0819. The first-order valence-corrected chi connectivity index (χ1v) is 27.9. The fourth-order valence-corrected chi connectivity index (χ4v) is 14.4. The number of rotatable bonds is 13. The topological polar surface area (TPSA) is 202 Å². The first-order chi connectivity index (χ1) is 31.9. The molecule has 18 heteroatoms. The molecule has 0 radical (unpaired) electrons. The third kappa shape index (κ3) is 8.77. The monoisotopic (exact) mass is 1020 g/mol. The average molecular weight is 1020 g/mol. The predicted molar refractivity (Wildman–Crippen MR) is 268 cm³/mol. The normalized spacial score (nSPS) is 22.4. The van der Waals surface area contributed by atoms with E-state index in [-0.39, 0.29) is 22.3 Å². The molecule has 68 heavy (non-hydrogen) atoms. The Morgan fingerprint density at radius 3 is 2.12 bits per heavy atom. The highest BCUT2D eigenvalue weighted by molar-refractivity contribution is 8.03. The van der Waals surface area contributed by atoms with Crippen molar-refractivity contribution in [2.24, 2.45) is 0 Å². The Labute approximate surface area is 404 Å². The second kappa shape index (κ2) is 17.5. The maximum atomic E-state index is 13.0. The van der Waals surface area contributed by atoms with Crippen LogP contribution in [0.4, 0.5) is 5.69 Å². The van der Waals surface area contributed by atoms with Gasteiger partial charge in [0, 0.05) is 31.7 Å². The molecule has 2 aliphatic heterocycles. The van der Waals surface area contributed by atoms with Gasteiger partial charge >= 0.3 is 10.1 Å². The summed E-state index contributed by atoms with van der Waals surface area (Å²) >= 11 is 2.49. The van der Waals surface area contributed by atoms with Gasteiger partial charge in [0.25, 0.3) is 25.6 Å². The number of nitrogens with zero attached hydrogens (tertiary/aromatic N) is 1. The Morgan fingerprint density at radius 1 is 0.765 bits per heavy atom. The summed E-state index contributed by atoms with van der Waals surface area (Å²) in [7, 11) is -13.3. The number of quaternary nitrogens is 1. The zero-order valence-electron chi connectivity index (χ0n) is 37.8. The van der Waals surface area contributed by atoms with Gasteiger partial charge in [0.05, 0.1) is 28.1 Å². The second-order valence-corrected chi connectivity index (χ2v) is 25.2. The minimum Gasteiger partial charge on any atom is -0.286 e. The van der Waals surface area contributed by atoms with Crippen molar-refractivity contribution < 1.29 is 53.5 Å². The van der Waals surface area contributed by atoms with Gasteiger partial charge in [0.2, 0.25) is 0 Å². The molecule has 13 nitrogen and oxygen atoms in total. The van der Waals surface area contributed by atoms with Crippen LogP contribution in [-0.4, -0.2) is 61.8 Å². The summed E-state index contributed by atoms with van der Waals surface area (Å²) in [5.41, 5.74) is 7.67. The summed E-state index contributed by atoms with van der Waals surface area (Å²) in [6.07, 6.45) is 10.6. The van der Waals surface area contributed by atoms with Crippen LogP contribution in [-0.2, 0) is 50.6 Å². The van der Waals surface area contributed by atoms with E-state index in [1.54, 1.807) is 30.0 Å². The van der Waals surface area contributed by atoms with E-state index in [0.29, 0.717) is 27.8 Å². The molecule has 5 aromatic carbocycles. The van der Waals surface area contributed by atoms with E-state index in [0.717, 1.165) is 95.7 Å². The van der Waals surface area contributed by atoms with E-state index in [9.17, 15) is 38.9 Å². The molecule has 2 unspecified atom stereocenters. The molecule has 2 aliphatic carbocycles. The molecule has 1 spiro atoms. The number of fused-ring (bicyclic) bond motifs is 7. The van der Waals surface area contributed by atoms with E-state index >= 15 is 0 Å². The number of aryl methyl sites for hydroxylation is 1. The smallest absolute Gasteiger partial charge is 0.286 e. The summed E-state index contributed by atoms with van der Waals surface area (Å²) in [5.74, 6) is -0.458. The van der Waals surface area contributed by atoms with Gasteiger partial charge in [-0.15, -0.1) is 4.33 Å². The van der Waals surface area contributed by atoms with Gasteiger partial charge in [-0.3, -0.25) is 13.7 Å². The van der Waals surface area contributed by atoms with Crippen LogP contribution in [0.2, 0.25) is 0 Å². The molecule has 2 heterocycles. The molecule has 9 rings (SSSR count). The lowest BCUT2D eigenvalue weighted by molar-refractivity contribution is -0.432. The van der Waals surface area contributed by atoms with Crippen molar-refractivity contribution >= 4 is 87.0 Å². The number of thioether (sulfide) groups is 1. The van der Waals surface area contributed by atoms with E-state index in [2.05, 4.69) is 65.7 Å². The Balaban J connectivity index is 1.18. The molecule has 4 aliphatic rings. The Bertz CT molecular complexity index is 3460. The summed E-state index contributed by atoms with van der Waals surface area (Å²) in [5, 5.41) is 14.5. The lowest BCUT2D eigenvalue weighted by Crippen LogP contribution is -2.33. The molecule has 4 N–H and O–H groups in total. The molecule has 0 bridgehead atoms. The van der Waals surface area contributed by atoms with E-state index in [1.165, 1.54) is 12.1 Å². The van der Waals surface area contributed by atoms with Crippen LogP contribution >= 0.6 is 23.8 Å². The summed E-state index contributed by atoms with van der Waals surface area (Å²) in [6.45, 7) is 10.4. The van der Waals surface area contributed by atoms with Gasteiger partial charge in [0.15, 0.2) is 6.54 Å². The van der Waals surface area contributed by atoms with Gasteiger partial charge in [0.1, 0.15) is 11.4 Å². The average Bonchev–Trinajstić information content (AvgIpc) is 3.94. The molecule has 0 amide bonds. The van der Waals surface area contributed by atoms with Gasteiger partial charge in [-0.25, -0.2) is 9.74 Å². The maximum absolute atomic E-state index is 13.0. The van der Waals surface area contributed by atoms with Crippen LogP contribution in [0.5, 0.6) is 0 Å². The van der Waals surface area contributed by atoms with Crippen LogP contribution < -0.4 is 4.48 Å². The summed E-state index contributed by atoms with van der Waals surface area (Å²) in [6, 6.07) is 25.8. The van der Waals surface area contributed by atoms with Crippen molar-refractivity contribution in [2.75, 3.05) is 12.3 Å². The van der Waals surface area contributed by atoms with Crippen LogP contribution in [0, 0.1) is 6.92 Å². The summed E-state index contributed by atoms with van der Waals surface area (Å²) in [4.78, 5) is 2.48. The third-order valence-corrected chi connectivity index (χ3v) is 18.4. The largest absolute Gasteiger partial charge is 0.326 e. The zero-order chi connectivity index (χ0) is 48.8. The fraction of sp³-hybridized carbons (Fsp3) is 0.280. The molecule has 0 aromatic heterocycles. The SMILES string of the molecule is Cc1ccc(SC2=C(/C=C/C3=C(CCS(=O)(=O)O)c4ccc5cc(SOOO)ccc5c4C3(C)C)CCC/C2=C\C=C2/C(C)(C)c3c(ccc4cc(S(=O)(=O)O)ccc34)[N+]23CC3S(=O)(=O)O)cc1. The molecular weight excluding hydrogens is 967 g/mol. The van der Waals surface area contributed by atoms with Crippen LogP contribution in [0.3, 0.4) is 0 Å². The first kappa shape index (κ1) is 48.6. The van der Waals surface area contributed by atoms with E-state index in [4.69, 9.17) is 5.26 Å². The Kier molecular flexibility index (Phi) is 12.5. The standard InChI is InChI=1S/C50H49NO12S5/c1-30-9-15-35(16-10-30)64-48-31(12-22-42-40(25-26-66(53,54)55)41-19-11-33-27-36(65-63-62-52)17-20-38(33)46(41)49(42,2)3)7-6-8-32(48)14-24-44-50(4,5)47-39-21-18-37(67(56,57)58)28-34(39)13-23-43(47)51(44)29-45(51)68(59,60)61/h9-24,27-28,45H,6-8,25-26,29H2,1-5H3,(H3-,52,53,54,55,56,57,58,59,60,61)/p+1/b22-12+,32-14+,44-24+. The van der Waals surface area contributed by atoms with Gasteiger partial charge < -0.3 is 0 Å². The second-order valence-electron chi connectivity index (χ2n) is 18.8. The third-order valence-electron chi connectivity index (χ3n) is 13.9. The molecule has 0 saturated carbocycles. The van der Waals surface area contributed by atoms with Crippen LogP contribution in [0.1, 0.15) is 75.6 Å². The highest BCUT2D eigenvalue weighted by Gasteiger charge is 2.73. The van der Waals surface area contributed by atoms with Gasteiger partial charge in [-0.2, -0.15) is 25.3 Å². The van der Waals surface area contributed by atoms with Gasteiger partial charge in [-0.1, -0.05) is 90.8 Å². The van der Waals surface area contributed by atoms with Crippen molar-refractivity contribution in [3.05, 3.63) is 159 Å². The highest BCUT2D eigenvalue weighted by Crippen LogP contribution is 2.62. The van der Waals surface area contributed by atoms with Crippen molar-refractivity contribution in [2.45, 2.75) is 91.2 Å². The Morgan fingerprint density at radius 2 is 1.44 bits per heavy atom. The van der Waals surface area contributed by atoms with Gasteiger partial charge in [-0.05, 0) is 150 Å². The lowest BCUT2D eigenvalue weighted by Gasteiger charge is -2.26. The summed E-state index contributed by atoms with van der Waals surface area (Å²) < 4.78 is 110. The highest BCUT2D eigenvalue weighted by atomic mass is 32.2. The molecule has 2 atom stereocenters. The lowest BCUT2D eigenvalue weighted by atomic mass is 9.78. The number of hydrogen-bond donors (Lipinski definition) is 4. The number of hydrogen-bond acceptors (Lipinski definition) is 11.